The van der Waals surface area contributed by atoms with Crippen molar-refractivity contribution in [3.8, 4) is 0 Å². The lowest BCUT2D eigenvalue weighted by Crippen LogP contribution is -2.50. The van der Waals surface area contributed by atoms with E-state index < -0.39 is 15.4 Å². The van der Waals surface area contributed by atoms with Crippen molar-refractivity contribution in [2.45, 2.75) is 36.0 Å². The zero-order valence-electron chi connectivity index (χ0n) is 17.6. The standard InChI is InChI=1S/C23H29N3O4S/c27-22(23(10-15-30-16-11-23)20-5-2-1-3-6-20)25-17-19-8-13-26(14-9-19)31(28,29)21-7-4-12-24-18-21/h1-7,12,18-19H,8-11,13-17H2,(H,25,27). The first kappa shape index (κ1) is 21.9. The lowest BCUT2D eigenvalue weighted by molar-refractivity contribution is -0.130. The van der Waals surface area contributed by atoms with Gasteiger partial charge in [-0.15, -0.1) is 0 Å². The van der Waals surface area contributed by atoms with Crippen LogP contribution >= 0.6 is 0 Å². The van der Waals surface area contributed by atoms with Crippen LogP contribution in [0.25, 0.3) is 0 Å². The molecule has 2 aliphatic rings. The minimum absolute atomic E-state index is 0.0485. The molecular formula is C23H29N3O4S. The molecule has 1 aromatic carbocycles. The number of ether oxygens (including phenoxy) is 1. The predicted octanol–water partition coefficient (Wildman–Crippen LogP) is 2.35. The summed E-state index contributed by atoms with van der Waals surface area (Å²) in [5.41, 5.74) is 0.484. The Labute approximate surface area is 183 Å². The quantitative estimate of drug-likeness (QED) is 0.740. The van der Waals surface area contributed by atoms with E-state index >= 15 is 0 Å². The Morgan fingerprint density at radius 3 is 2.45 bits per heavy atom. The normalized spacial score (nSPS) is 20.3. The number of nitrogens with one attached hydrogen (secondary N) is 1. The topological polar surface area (TPSA) is 88.6 Å². The molecule has 0 aliphatic carbocycles. The van der Waals surface area contributed by atoms with Gasteiger partial charge in [0, 0.05) is 45.2 Å². The molecule has 0 unspecified atom stereocenters. The number of aromatic nitrogens is 1. The second-order valence-corrected chi connectivity index (χ2v) is 10.2. The first-order valence-corrected chi connectivity index (χ1v) is 12.3. The van der Waals surface area contributed by atoms with Gasteiger partial charge in [-0.3, -0.25) is 9.78 Å². The Bertz CT molecular complexity index is 968. The average molecular weight is 444 g/mol. The van der Waals surface area contributed by atoms with Gasteiger partial charge >= 0.3 is 0 Å². The van der Waals surface area contributed by atoms with E-state index in [-0.39, 0.29) is 16.7 Å². The summed E-state index contributed by atoms with van der Waals surface area (Å²) in [6, 6.07) is 13.2. The Morgan fingerprint density at radius 2 is 1.81 bits per heavy atom. The van der Waals surface area contributed by atoms with Crippen molar-refractivity contribution in [2.24, 2.45) is 5.92 Å². The highest BCUT2D eigenvalue weighted by molar-refractivity contribution is 7.89. The third kappa shape index (κ3) is 4.66. The van der Waals surface area contributed by atoms with Crippen molar-refractivity contribution in [3.63, 3.8) is 0 Å². The van der Waals surface area contributed by atoms with E-state index in [0.717, 1.165) is 18.4 Å². The molecule has 7 nitrogen and oxygen atoms in total. The SMILES string of the molecule is O=C(NCC1CCN(S(=O)(=O)c2cccnc2)CC1)C1(c2ccccc2)CCOCC1. The van der Waals surface area contributed by atoms with Crippen molar-refractivity contribution in [2.75, 3.05) is 32.8 Å². The second kappa shape index (κ2) is 9.46. The first-order valence-electron chi connectivity index (χ1n) is 10.8. The monoisotopic (exact) mass is 443 g/mol. The molecule has 2 saturated heterocycles. The zero-order valence-corrected chi connectivity index (χ0v) is 18.4. The summed E-state index contributed by atoms with van der Waals surface area (Å²) in [6.45, 7) is 2.62. The second-order valence-electron chi connectivity index (χ2n) is 8.31. The van der Waals surface area contributed by atoms with Crippen LogP contribution in [0.5, 0.6) is 0 Å². The van der Waals surface area contributed by atoms with Crippen molar-refractivity contribution in [3.05, 3.63) is 60.4 Å². The summed E-state index contributed by atoms with van der Waals surface area (Å²) in [6.07, 6.45) is 5.74. The van der Waals surface area contributed by atoms with Crippen LogP contribution in [0.2, 0.25) is 0 Å². The highest BCUT2D eigenvalue weighted by atomic mass is 32.2. The lowest BCUT2D eigenvalue weighted by atomic mass is 9.73. The highest BCUT2D eigenvalue weighted by Gasteiger charge is 2.41. The van der Waals surface area contributed by atoms with Crippen LogP contribution in [0.3, 0.4) is 0 Å². The van der Waals surface area contributed by atoms with Crippen LogP contribution < -0.4 is 5.32 Å². The predicted molar refractivity (Wildman–Crippen MR) is 117 cm³/mol. The summed E-state index contributed by atoms with van der Waals surface area (Å²) in [5, 5.41) is 3.17. The van der Waals surface area contributed by atoms with Crippen LogP contribution in [-0.4, -0.2) is 56.5 Å². The maximum Gasteiger partial charge on any atom is 0.244 e. The summed E-state index contributed by atoms with van der Waals surface area (Å²) >= 11 is 0. The number of hydrogen-bond donors (Lipinski definition) is 1. The van der Waals surface area contributed by atoms with Crippen LogP contribution in [0.15, 0.2) is 59.8 Å². The van der Waals surface area contributed by atoms with Crippen LogP contribution in [0.4, 0.5) is 0 Å². The number of piperidine rings is 1. The van der Waals surface area contributed by atoms with Gasteiger partial charge in [0.15, 0.2) is 0 Å². The molecule has 0 saturated carbocycles. The molecule has 4 rings (SSSR count). The summed E-state index contributed by atoms with van der Waals surface area (Å²) in [5.74, 6) is 0.310. The number of benzene rings is 1. The maximum absolute atomic E-state index is 13.3. The van der Waals surface area contributed by atoms with Crippen LogP contribution in [-0.2, 0) is 25.0 Å². The molecule has 1 N–H and O–H groups in total. The summed E-state index contributed by atoms with van der Waals surface area (Å²) < 4.78 is 32.6. The Balaban J connectivity index is 1.35. The van der Waals surface area contributed by atoms with E-state index in [1.54, 1.807) is 18.3 Å². The summed E-state index contributed by atoms with van der Waals surface area (Å²) in [4.78, 5) is 17.4. The van der Waals surface area contributed by atoms with Gasteiger partial charge in [0.1, 0.15) is 4.90 Å². The lowest BCUT2D eigenvalue weighted by Gasteiger charge is -2.37. The fourth-order valence-corrected chi connectivity index (χ4v) is 5.97. The third-order valence-corrected chi connectivity index (χ3v) is 8.39. The molecule has 8 heteroatoms. The van der Waals surface area contributed by atoms with Gasteiger partial charge in [-0.05, 0) is 49.3 Å². The molecule has 0 spiro atoms. The molecule has 0 atom stereocenters. The van der Waals surface area contributed by atoms with Crippen molar-refractivity contribution in [1.29, 1.82) is 0 Å². The number of rotatable bonds is 6. The van der Waals surface area contributed by atoms with Crippen LogP contribution in [0, 0.1) is 5.92 Å². The van der Waals surface area contributed by atoms with Gasteiger partial charge in [-0.2, -0.15) is 4.31 Å². The Morgan fingerprint density at radius 1 is 1.10 bits per heavy atom. The largest absolute Gasteiger partial charge is 0.381 e. The van der Waals surface area contributed by atoms with Gasteiger partial charge in [0.25, 0.3) is 0 Å². The van der Waals surface area contributed by atoms with E-state index in [2.05, 4.69) is 10.3 Å². The Kier molecular flexibility index (Phi) is 6.69. The molecule has 0 bridgehead atoms. The minimum Gasteiger partial charge on any atom is -0.381 e. The highest BCUT2D eigenvalue weighted by Crippen LogP contribution is 2.35. The number of nitrogens with zero attached hydrogens (tertiary/aromatic N) is 2. The third-order valence-electron chi connectivity index (χ3n) is 6.50. The van der Waals surface area contributed by atoms with Gasteiger partial charge in [-0.25, -0.2) is 8.42 Å². The average Bonchev–Trinajstić information content (AvgIpc) is 2.84. The van der Waals surface area contributed by atoms with Crippen molar-refractivity contribution >= 4 is 15.9 Å². The summed E-state index contributed by atoms with van der Waals surface area (Å²) in [7, 11) is -3.51. The molecule has 2 aliphatic heterocycles. The molecule has 166 valence electrons. The number of hydrogen-bond acceptors (Lipinski definition) is 5. The molecule has 1 amide bonds. The van der Waals surface area contributed by atoms with Gasteiger partial charge in [-0.1, -0.05) is 30.3 Å². The molecule has 0 radical (unpaired) electrons. The van der Waals surface area contributed by atoms with Crippen molar-refractivity contribution < 1.29 is 17.9 Å². The smallest absolute Gasteiger partial charge is 0.244 e. The molecule has 3 heterocycles. The minimum atomic E-state index is -3.51. The van der Waals surface area contributed by atoms with Gasteiger partial charge < -0.3 is 10.1 Å². The zero-order chi connectivity index (χ0) is 21.7. The number of carbonyl (C=O) groups is 1. The molecule has 1 aromatic heterocycles. The van der Waals surface area contributed by atoms with Crippen molar-refractivity contribution in [1.82, 2.24) is 14.6 Å². The molecule has 2 fully saturated rings. The van der Waals surface area contributed by atoms with E-state index in [1.807, 2.05) is 30.3 Å². The molecule has 2 aromatic rings. The fourth-order valence-electron chi connectivity index (χ4n) is 4.53. The number of carbonyl (C=O) groups excluding carboxylic acids is 1. The fraction of sp³-hybridized carbons (Fsp3) is 0.478. The first-order chi connectivity index (χ1) is 15.0. The Hall–Kier alpha value is -2.29. The van der Waals surface area contributed by atoms with Gasteiger partial charge in [0.2, 0.25) is 15.9 Å². The number of amides is 1. The maximum atomic E-state index is 13.3. The van der Waals surface area contributed by atoms with E-state index in [4.69, 9.17) is 4.74 Å². The molecular weight excluding hydrogens is 414 g/mol. The number of pyridine rings is 1. The van der Waals surface area contributed by atoms with Gasteiger partial charge in [0.05, 0.1) is 5.41 Å². The van der Waals surface area contributed by atoms with E-state index in [9.17, 15) is 13.2 Å². The van der Waals surface area contributed by atoms with E-state index in [0.29, 0.717) is 45.7 Å². The molecule has 31 heavy (non-hydrogen) atoms. The van der Waals surface area contributed by atoms with E-state index in [1.165, 1.54) is 10.5 Å². The van der Waals surface area contributed by atoms with Crippen LogP contribution in [0.1, 0.15) is 31.2 Å². The number of sulfonamides is 1.